The van der Waals surface area contributed by atoms with E-state index in [1.54, 1.807) is 11.1 Å². The molecule has 38 heavy (non-hydrogen) atoms. The van der Waals surface area contributed by atoms with Gasteiger partial charge in [0.2, 0.25) is 0 Å². The zero-order valence-corrected chi connectivity index (χ0v) is 25.7. The van der Waals surface area contributed by atoms with Gasteiger partial charge in [-0.1, -0.05) is 0 Å². The maximum Gasteiger partial charge on any atom is 0 e. The second kappa shape index (κ2) is 10.8. The molecule has 0 aliphatic carbocycles. The van der Waals surface area contributed by atoms with Gasteiger partial charge in [0.15, 0.2) is 0 Å². The Kier molecular flexibility index (Phi) is 6.56. The van der Waals surface area contributed by atoms with E-state index < -0.39 is 27.9 Å². The Bertz CT molecular complexity index is 1610. The van der Waals surface area contributed by atoms with Gasteiger partial charge in [-0.3, -0.25) is 0 Å². The van der Waals surface area contributed by atoms with Gasteiger partial charge in [-0.2, -0.15) is 0 Å². The predicted molar refractivity (Wildman–Crippen MR) is 151 cm³/mol. The second-order valence-corrected chi connectivity index (χ2v) is 12.9. The number of ether oxygens (including phenoxy) is 1. The number of pyridine rings is 1. The van der Waals surface area contributed by atoms with E-state index in [9.17, 15) is 0 Å². The molecule has 2 aliphatic rings. The first-order valence-corrected chi connectivity index (χ1v) is 14.3. The van der Waals surface area contributed by atoms with Crippen LogP contribution in [0.3, 0.4) is 0 Å². The van der Waals surface area contributed by atoms with Gasteiger partial charge in [-0.15, -0.1) is 0 Å². The first-order valence-electron chi connectivity index (χ1n) is 13.5. The monoisotopic (exact) mass is 799 g/mol. The average Bonchev–Trinajstić information content (AvgIpc) is 3.43. The Balaban J connectivity index is 0.00000337. The number of fused-ring (bicyclic) bond motifs is 2. The maximum absolute atomic E-state index is 7.62. The van der Waals surface area contributed by atoms with Crippen LogP contribution in [-0.4, -0.2) is 37.8 Å². The van der Waals surface area contributed by atoms with E-state index >= 15 is 0 Å². The van der Waals surface area contributed by atoms with Crippen LogP contribution in [0.25, 0.3) is 0 Å². The molecule has 0 saturated heterocycles. The first kappa shape index (κ1) is 23.1. The van der Waals surface area contributed by atoms with Crippen molar-refractivity contribution in [2.75, 3.05) is 16.8 Å². The third kappa shape index (κ3) is 5.36. The number of rotatable bonds is 4. The fourth-order valence-electron chi connectivity index (χ4n) is 4.23. The third-order valence-electron chi connectivity index (χ3n) is 6.14. The molecule has 0 saturated carbocycles. The largest absolute Gasteiger partial charge is 0 e. The molecule has 0 atom stereocenters. The van der Waals surface area contributed by atoms with Crippen molar-refractivity contribution < 1.29 is 29.9 Å². The van der Waals surface area contributed by atoms with E-state index in [0.29, 0.717) is 17.2 Å². The minimum Gasteiger partial charge on any atom is 0 e. The van der Waals surface area contributed by atoms with Crippen LogP contribution in [0.15, 0.2) is 85.3 Å². The molecule has 1 aromatic heterocycles. The molecule has 7 heteroatoms. The number of hydrogen-bond donors (Lipinski definition) is 0. The van der Waals surface area contributed by atoms with E-state index in [0.717, 1.165) is 17.2 Å². The van der Waals surface area contributed by atoms with Crippen molar-refractivity contribution in [3.8, 4) is 11.5 Å². The summed E-state index contributed by atoms with van der Waals surface area (Å²) in [4.78, 5) is 9.86. The molecule has 196 valence electrons. The van der Waals surface area contributed by atoms with Gasteiger partial charge in [0.25, 0.3) is 0 Å². The Hall–Kier alpha value is -2.77. The number of aromatic nitrogens is 1. The quantitative estimate of drug-likeness (QED) is 0.176. The minimum absolute atomic E-state index is 0. The van der Waals surface area contributed by atoms with Gasteiger partial charge >= 0.3 is 230 Å². The van der Waals surface area contributed by atoms with Gasteiger partial charge in [-0.05, 0) is 0 Å². The van der Waals surface area contributed by atoms with Crippen LogP contribution in [0.5, 0.6) is 11.5 Å². The van der Waals surface area contributed by atoms with Gasteiger partial charge in [0, 0.05) is 25.2 Å². The molecule has 0 amide bonds. The summed E-state index contributed by atoms with van der Waals surface area (Å²) in [7, 11) is 0. The third-order valence-corrected chi connectivity index (χ3v) is 9.32. The number of para-hydroxylation sites is 1. The molecule has 0 unspecified atom stereocenters. The van der Waals surface area contributed by atoms with Crippen LogP contribution in [0.1, 0.15) is 30.4 Å². The summed E-state index contributed by atoms with van der Waals surface area (Å²) in [5.41, 5.74) is 3.96. The van der Waals surface area contributed by atoms with Crippen LogP contribution in [0.4, 0.5) is 22.9 Å². The van der Waals surface area contributed by atoms with Crippen molar-refractivity contribution in [1.82, 2.24) is 9.88 Å². The number of hydrogen-bond acceptors (Lipinski definition) is 5. The zero-order chi connectivity index (χ0) is 28.1. The predicted octanol–water partition coefficient (Wildman–Crippen LogP) is 5.55. The molecule has 3 heterocycles. The number of anilines is 4. The van der Waals surface area contributed by atoms with Crippen LogP contribution >= 0.6 is 0 Å². The summed E-state index contributed by atoms with van der Waals surface area (Å²) in [5.74, 6) is 1.93. The van der Waals surface area contributed by atoms with Crippen molar-refractivity contribution in [3.05, 3.63) is 110 Å². The molecule has 3 aromatic carbocycles. The molecule has 0 spiro atoms. The summed E-state index contributed by atoms with van der Waals surface area (Å²) in [6, 6.07) is 29.2. The summed E-state index contributed by atoms with van der Waals surface area (Å²) >= 11 is -0.625. The summed E-state index contributed by atoms with van der Waals surface area (Å²) in [6.07, 6.45) is 5.08. The summed E-state index contributed by atoms with van der Waals surface area (Å²) < 4.78 is 31.7. The van der Waals surface area contributed by atoms with E-state index in [2.05, 4.69) is 80.3 Å². The Labute approximate surface area is 253 Å². The van der Waals surface area contributed by atoms with E-state index in [-0.39, 0.29) is 26.5 Å². The Morgan fingerprint density at radius 2 is 1.79 bits per heavy atom. The molecular formula is C31H27N4OPtTe-3. The number of benzene rings is 3. The molecule has 5 nitrogen and oxygen atoms in total. The van der Waals surface area contributed by atoms with Crippen molar-refractivity contribution in [2.45, 2.75) is 26.2 Å². The topological polar surface area (TPSA) is 31.8 Å². The molecule has 0 N–H and O–H groups in total. The van der Waals surface area contributed by atoms with Crippen molar-refractivity contribution in [2.24, 2.45) is 0 Å². The molecule has 6 rings (SSSR count). The van der Waals surface area contributed by atoms with Gasteiger partial charge < -0.3 is 0 Å². The fraction of sp³-hybridized carbons (Fsp3) is 0.161. The van der Waals surface area contributed by atoms with Gasteiger partial charge in [-0.25, -0.2) is 0 Å². The van der Waals surface area contributed by atoms with Gasteiger partial charge in [0.05, 0.1) is 0 Å². The van der Waals surface area contributed by atoms with Gasteiger partial charge in [0.1, 0.15) is 0 Å². The maximum atomic E-state index is 7.62. The van der Waals surface area contributed by atoms with E-state index in [1.807, 2.05) is 30.5 Å². The molecule has 4 aromatic rings. The number of nitrogens with zero attached hydrogens (tertiary/aromatic N) is 4. The normalized spacial score (nSPS) is 15.7. The van der Waals surface area contributed by atoms with Crippen molar-refractivity contribution >= 4 is 51.0 Å². The SMILES string of the molecule is [2H]C([2H])([2H])N1C=CN(c2[c-]c(Oc3[c-]c4c(cc3)[Te]c3ccccc3N4c3cc(C(C)(C)C)ccn3)ccc2)[CH-]1.[Pt]. The van der Waals surface area contributed by atoms with Crippen LogP contribution in [-0.2, 0) is 26.5 Å². The van der Waals surface area contributed by atoms with E-state index in [4.69, 9.17) is 13.8 Å². The molecule has 0 fully saturated rings. The van der Waals surface area contributed by atoms with E-state index in [1.165, 1.54) is 30.6 Å². The zero-order valence-electron chi connectivity index (χ0n) is 24.1. The summed E-state index contributed by atoms with van der Waals surface area (Å²) in [6.45, 7) is 5.89. The molecule has 2 aliphatic heterocycles. The van der Waals surface area contributed by atoms with Crippen LogP contribution < -0.4 is 21.8 Å². The Morgan fingerprint density at radius 3 is 2.61 bits per heavy atom. The second-order valence-electron chi connectivity index (χ2n) is 9.82. The summed E-state index contributed by atoms with van der Waals surface area (Å²) in [5, 5.41) is 0. The molecule has 0 bridgehead atoms. The molecular weight excluding hydrogens is 767 g/mol. The molecule has 0 radical (unpaired) electrons. The van der Waals surface area contributed by atoms with Crippen LogP contribution in [0, 0.1) is 18.8 Å². The first-order chi connectivity index (χ1) is 19.1. The average molecular weight is 797 g/mol. The Morgan fingerprint density at radius 1 is 0.947 bits per heavy atom. The fourth-order valence-corrected chi connectivity index (χ4v) is 7.15. The van der Waals surface area contributed by atoms with Crippen LogP contribution in [0.2, 0.25) is 0 Å². The standard InChI is InChI=1S/C31H27N4OTe.Pt/c1-31(2,3)22-14-15-32-30(18-22)35-26-10-5-6-11-28(26)37-29-13-12-25(20-27(29)35)36-24-9-7-8-23(19-24)34-17-16-33(4)21-34;/h5-18,21H,1-4H3;/q-3;/i4D3;. The minimum atomic E-state index is -2.24. The van der Waals surface area contributed by atoms with Crippen molar-refractivity contribution in [1.29, 1.82) is 0 Å². The van der Waals surface area contributed by atoms with Crippen molar-refractivity contribution in [3.63, 3.8) is 0 Å². The smallest absolute Gasteiger partial charge is 0 e.